The van der Waals surface area contributed by atoms with Crippen LogP contribution >= 0.6 is 11.6 Å². The quantitative estimate of drug-likeness (QED) is 0.860. The van der Waals surface area contributed by atoms with Gasteiger partial charge >= 0.3 is 5.97 Å². The predicted molar refractivity (Wildman–Crippen MR) is 66.6 cm³/mol. The molecule has 0 saturated carbocycles. The minimum atomic E-state index is -0.977. The molecule has 0 saturated heterocycles. The number of hydrogen-bond acceptors (Lipinski definition) is 2. The number of carbonyl (C=O) groups is 1. The summed E-state index contributed by atoms with van der Waals surface area (Å²) in [6, 6.07) is 5.19. The van der Waals surface area contributed by atoms with E-state index in [0.717, 1.165) is 19.5 Å². The van der Waals surface area contributed by atoms with Crippen molar-refractivity contribution in [2.24, 2.45) is 0 Å². The number of carboxylic acid groups (broad SMARTS) is 1. The Balaban J connectivity index is 3.20. The van der Waals surface area contributed by atoms with Crippen LogP contribution in [0, 0.1) is 0 Å². The average Bonchev–Trinajstić information content (AvgIpc) is 2.25. The molecule has 0 atom stereocenters. The van der Waals surface area contributed by atoms with Crippen molar-refractivity contribution in [2.45, 2.75) is 20.3 Å². The molecule has 1 aromatic rings. The van der Waals surface area contributed by atoms with Crippen LogP contribution in [0.4, 0.5) is 5.69 Å². The van der Waals surface area contributed by atoms with E-state index in [9.17, 15) is 4.79 Å². The Morgan fingerprint density at radius 2 is 2.12 bits per heavy atom. The van der Waals surface area contributed by atoms with E-state index >= 15 is 0 Å². The Morgan fingerprint density at radius 3 is 2.62 bits per heavy atom. The van der Waals surface area contributed by atoms with E-state index in [1.165, 1.54) is 0 Å². The van der Waals surface area contributed by atoms with Gasteiger partial charge in [-0.15, -0.1) is 0 Å². The van der Waals surface area contributed by atoms with Gasteiger partial charge in [0.25, 0.3) is 0 Å². The van der Waals surface area contributed by atoms with Crippen LogP contribution in [0.3, 0.4) is 0 Å². The zero-order valence-electron chi connectivity index (χ0n) is 9.53. The summed E-state index contributed by atoms with van der Waals surface area (Å²) in [5.41, 5.74) is 0.892. The summed E-state index contributed by atoms with van der Waals surface area (Å²) in [5, 5.41) is 9.44. The summed E-state index contributed by atoms with van der Waals surface area (Å²) in [5.74, 6) is -0.977. The van der Waals surface area contributed by atoms with Crippen molar-refractivity contribution in [3.05, 3.63) is 28.8 Å². The van der Waals surface area contributed by atoms with Crippen LogP contribution in [-0.4, -0.2) is 24.2 Å². The summed E-state index contributed by atoms with van der Waals surface area (Å²) < 4.78 is 0. The van der Waals surface area contributed by atoms with E-state index in [1.807, 2.05) is 11.8 Å². The second-order valence-corrected chi connectivity index (χ2v) is 3.93. The molecule has 0 radical (unpaired) electrons. The maximum absolute atomic E-state index is 11.2. The average molecular weight is 242 g/mol. The van der Waals surface area contributed by atoms with Gasteiger partial charge < -0.3 is 10.0 Å². The Hall–Kier alpha value is -1.22. The smallest absolute Gasteiger partial charge is 0.339 e. The molecule has 0 amide bonds. The molecule has 0 aromatic heterocycles. The molecule has 0 fully saturated rings. The molecule has 0 spiro atoms. The minimum absolute atomic E-state index is 0.194. The van der Waals surface area contributed by atoms with Gasteiger partial charge in [-0.2, -0.15) is 0 Å². The molecular weight excluding hydrogens is 226 g/mol. The van der Waals surface area contributed by atoms with Crippen molar-refractivity contribution >= 4 is 23.3 Å². The lowest BCUT2D eigenvalue weighted by Gasteiger charge is -2.24. The van der Waals surface area contributed by atoms with E-state index in [1.54, 1.807) is 18.2 Å². The number of halogens is 1. The fourth-order valence-electron chi connectivity index (χ4n) is 1.71. The van der Waals surface area contributed by atoms with E-state index < -0.39 is 5.97 Å². The Bertz CT molecular complexity index is 379. The second-order valence-electron chi connectivity index (χ2n) is 3.52. The molecule has 1 rings (SSSR count). The van der Waals surface area contributed by atoms with Gasteiger partial charge in [0.1, 0.15) is 5.56 Å². The normalized spacial score (nSPS) is 10.2. The number of nitrogens with zero attached hydrogens (tertiary/aromatic N) is 1. The van der Waals surface area contributed by atoms with Gasteiger partial charge in [0.05, 0.1) is 10.7 Å². The van der Waals surface area contributed by atoms with Crippen LogP contribution in [0.5, 0.6) is 0 Å². The molecule has 1 aromatic carbocycles. The molecule has 0 bridgehead atoms. The first-order chi connectivity index (χ1) is 7.61. The lowest BCUT2D eigenvalue weighted by atomic mass is 10.1. The molecule has 3 nitrogen and oxygen atoms in total. The minimum Gasteiger partial charge on any atom is -0.478 e. The van der Waals surface area contributed by atoms with Crippen LogP contribution < -0.4 is 4.90 Å². The molecule has 4 heteroatoms. The molecular formula is C12H16ClNO2. The summed E-state index contributed by atoms with van der Waals surface area (Å²) in [4.78, 5) is 13.2. The third kappa shape index (κ3) is 2.67. The fraction of sp³-hybridized carbons (Fsp3) is 0.417. The SMILES string of the molecule is CCCN(CC)c1cccc(Cl)c1C(=O)O. The zero-order chi connectivity index (χ0) is 12.1. The van der Waals surface area contributed by atoms with Gasteiger partial charge in [-0.3, -0.25) is 0 Å². The van der Waals surface area contributed by atoms with Gasteiger partial charge in [0, 0.05) is 13.1 Å². The van der Waals surface area contributed by atoms with E-state index in [-0.39, 0.29) is 5.56 Å². The maximum Gasteiger partial charge on any atom is 0.339 e. The monoisotopic (exact) mass is 241 g/mol. The number of hydrogen-bond donors (Lipinski definition) is 1. The Morgan fingerprint density at radius 1 is 1.44 bits per heavy atom. The van der Waals surface area contributed by atoms with Crippen molar-refractivity contribution in [3.8, 4) is 0 Å². The lowest BCUT2D eigenvalue weighted by molar-refractivity contribution is 0.0697. The highest BCUT2D eigenvalue weighted by Gasteiger charge is 2.17. The highest BCUT2D eigenvalue weighted by Crippen LogP contribution is 2.27. The summed E-state index contributed by atoms with van der Waals surface area (Å²) in [6.07, 6.45) is 0.972. The largest absolute Gasteiger partial charge is 0.478 e. The summed E-state index contributed by atoms with van der Waals surface area (Å²) in [7, 11) is 0. The van der Waals surface area contributed by atoms with Crippen LogP contribution in [0.1, 0.15) is 30.6 Å². The number of aromatic carboxylic acids is 1. The van der Waals surface area contributed by atoms with E-state index in [4.69, 9.17) is 16.7 Å². The number of carboxylic acids is 1. The molecule has 0 aliphatic heterocycles. The van der Waals surface area contributed by atoms with Gasteiger partial charge in [-0.1, -0.05) is 24.6 Å². The first-order valence-electron chi connectivity index (χ1n) is 5.38. The third-order valence-electron chi connectivity index (χ3n) is 2.42. The van der Waals surface area contributed by atoms with Gasteiger partial charge in [-0.05, 0) is 25.5 Å². The number of benzene rings is 1. The number of anilines is 1. The first kappa shape index (κ1) is 12.8. The molecule has 1 N–H and O–H groups in total. The van der Waals surface area contributed by atoms with Crippen LogP contribution in [0.25, 0.3) is 0 Å². The van der Waals surface area contributed by atoms with Crippen molar-refractivity contribution in [3.63, 3.8) is 0 Å². The fourth-order valence-corrected chi connectivity index (χ4v) is 1.96. The first-order valence-corrected chi connectivity index (χ1v) is 5.76. The second kappa shape index (κ2) is 5.75. The van der Waals surface area contributed by atoms with Crippen molar-refractivity contribution in [1.82, 2.24) is 0 Å². The third-order valence-corrected chi connectivity index (χ3v) is 2.74. The summed E-state index contributed by atoms with van der Waals surface area (Å²) >= 11 is 5.92. The van der Waals surface area contributed by atoms with E-state index in [0.29, 0.717) is 10.7 Å². The molecule has 0 aliphatic carbocycles. The molecule has 16 heavy (non-hydrogen) atoms. The van der Waals surface area contributed by atoms with Gasteiger partial charge in [0.2, 0.25) is 0 Å². The molecule has 0 heterocycles. The Kier molecular flexibility index (Phi) is 4.62. The highest BCUT2D eigenvalue weighted by atomic mass is 35.5. The van der Waals surface area contributed by atoms with Crippen LogP contribution in [-0.2, 0) is 0 Å². The summed E-state index contributed by atoms with van der Waals surface area (Å²) in [6.45, 7) is 5.67. The van der Waals surface area contributed by atoms with E-state index in [2.05, 4.69) is 6.92 Å². The lowest BCUT2D eigenvalue weighted by Crippen LogP contribution is -2.25. The maximum atomic E-state index is 11.2. The van der Waals surface area contributed by atoms with Gasteiger partial charge in [0.15, 0.2) is 0 Å². The molecule has 0 unspecified atom stereocenters. The van der Waals surface area contributed by atoms with Crippen molar-refractivity contribution in [1.29, 1.82) is 0 Å². The standard InChI is InChI=1S/C12H16ClNO2/c1-3-8-14(4-2)10-7-5-6-9(13)11(10)12(15)16/h5-7H,3-4,8H2,1-2H3,(H,15,16). The molecule has 0 aliphatic rings. The van der Waals surface area contributed by atoms with Crippen molar-refractivity contribution < 1.29 is 9.90 Å². The topological polar surface area (TPSA) is 40.5 Å². The van der Waals surface area contributed by atoms with Crippen LogP contribution in [0.2, 0.25) is 5.02 Å². The van der Waals surface area contributed by atoms with Crippen molar-refractivity contribution in [2.75, 3.05) is 18.0 Å². The predicted octanol–water partition coefficient (Wildman–Crippen LogP) is 3.27. The van der Waals surface area contributed by atoms with Crippen LogP contribution in [0.15, 0.2) is 18.2 Å². The zero-order valence-corrected chi connectivity index (χ0v) is 10.3. The highest BCUT2D eigenvalue weighted by molar-refractivity contribution is 6.34. The number of rotatable bonds is 5. The molecule has 88 valence electrons. The Labute approximate surface area is 101 Å². The van der Waals surface area contributed by atoms with Gasteiger partial charge in [-0.25, -0.2) is 4.79 Å².